The second-order valence-corrected chi connectivity index (χ2v) is 5.77. The van der Waals surface area contributed by atoms with Crippen LogP contribution in [0.4, 0.5) is 0 Å². The number of nitrogens with two attached hydrogens (primary N) is 1. The molecule has 0 aliphatic rings. The van der Waals surface area contributed by atoms with E-state index in [1.54, 1.807) is 6.07 Å². The van der Waals surface area contributed by atoms with Crippen LogP contribution in [-0.4, -0.2) is 20.9 Å². The molecule has 0 heterocycles. The van der Waals surface area contributed by atoms with E-state index >= 15 is 0 Å². The Morgan fingerprint density at radius 2 is 1.65 bits per heavy atom. The van der Waals surface area contributed by atoms with E-state index < -0.39 is 0 Å². The number of rotatable bonds is 4. The average molecular weight is 290 g/mol. The summed E-state index contributed by atoms with van der Waals surface area (Å²) in [7, 11) is 0. The second kappa shape index (κ2) is 5.67. The SMILES string of the molecule is NC(=O)c1ccccc1[Se]Cc1ccccc1. The van der Waals surface area contributed by atoms with Crippen molar-refractivity contribution in [2.45, 2.75) is 5.32 Å². The van der Waals surface area contributed by atoms with Crippen molar-refractivity contribution in [1.82, 2.24) is 0 Å². The van der Waals surface area contributed by atoms with Gasteiger partial charge in [0.2, 0.25) is 0 Å². The van der Waals surface area contributed by atoms with Crippen LogP contribution in [-0.2, 0) is 5.32 Å². The fraction of sp³-hybridized carbons (Fsp3) is 0.0714. The molecule has 0 bridgehead atoms. The summed E-state index contributed by atoms with van der Waals surface area (Å²) >= 11 is 0.243. The normalized spacial score (nSPS) is 10.1. The number of primary amides is 1. The van der Waals surface area contributed by atoms with Crippen molar-refractivity contribution < 1.29 is 4.79 Å². The summed E-state index contributed by atoms with van der Waals surface area (Å²) in [5.74, 6) is -0.337. The third-order valence-corrected chi connectivity index (χ3v) is 4.79. The molecule has 1 amide bonds. The van der Waals surface area contributed by atoms with E-state index in [2.05, 4.69) is 12.1 Å². The Labute approximate surface area is 107 Å². The third-order valence-electron chi connectivity index (χ3n) is 2.39. The molecule has 2 N–H and O–H groups in total. The molecule has 0 aliphatic heterocycles. The van der Waals surface area contributed by atoms with E-state index in [0.717, 1.165) is 9.78 Å². The van der Waals surface area contributed by atoms with Crippen LogP contribution in [0.3, 0.4) is 0 Å². The molecule has 0 aliphatic carbocycles. The van der Waals surface area contributed by atoms with E-state index in [0.29, 0.717) is 5.56 Å². The van der Waals surface area contributed by atoms with Crippen LogP contribution in [0, 0.1) is 0 Å². The monoisotopic (exact) mass is 291 g/mol. The first-order valence-electron chi connectivity index (χ1n) is 5.33. The van der Waals surface area contributed by atoms with Gasteiger partial charge in [0.1, 0.15) is 0 Å². The van der Waals surface area contributed by atoms with Crippen LogP contribution in [0.25, 0.3) is 0 Å². The van der Waals surface area contributed by atoms with E-state index in [9.17, 15) is 4.79 Å². The Morgan fingerprint density at radius 3 is 2.35 bits per heavy atom. The Bertz CT molecular complexity index is 511. The standard InChI is InChI=1S/C14H13NOSe/c15-14(16)12-8-4-5-9-13(12)17-10-11-6-2-1-3-7-11/h1-9H,10H2,(H2,15,16). The molecule has 0 saturated carbocycles. The van der Waals surface area contributed by atoms with Crippen molar-refractivity contribution in [3.63, 3.8) is 0 Å². The minimum absolute atomic E-state index is 0.243. The Morgan fingerprint density at radius 1 is 1.00 bits per heavy atom. The van der Waals surface area contributed by atoms with Crippen molar-refractivity contribution in [2.24, 2.45) is 5.73 Å². The molecule has 17 heavy (non-hydrogen) atoms. The van der Waals surface area contributed by atoms with Gasteiger partial charge in [0.15, 0.2) is 0 Å². The zero-order valence-electron chi connectivity index (χ0n) is 9.30. The van der Waals surface area contributed by atoms with E-state index in [-0.39, 0.29) is 20.9 Å². The molecule has 0 saturated heterocycles. The molecule has 86 valence electrons. The van der Waals surface area contributed by atoms with Crippen LogP contribution >= 0.6 is 0 Å². The van der Waals surface area contributed by atoms with Crippen LogP contribution in [0.5, 0.6) is 0 Å². The molecule has 2 aromatic rings. The van der Waals surface area contributed by atoms with Crippen molar-refractivity contribution in [3.8, 4) is 0 Å². The van der Waals surface area contributed by atoms with Gasteiger partial charge < -0.3 is 0 Å². The van der Waals surface area contributed by atoms with Gasteiger partial charge in [-0.3, -0.25) is 0 Å². The van der Waals surface area contributed by atoms with Crippen molar-refractivity contribution in [1.29, 1.82) is 0 Å². The summed E-state index contributed by atoms with van der Waals surface area (Å²) in [4.78, 5) is 11.3. The van der Waals surface area contributed by atoms with Crippen molar-refractivity contribution in [3.05, 3.63) is 65.7 Å². The van der Waals surface area contributed by atoms with Crippen LogP contribution < -0.4 is 10.2 Å². The van der Waals surface area contributed by atoms with E-state index in [1.165, 1.54) is 5.56 Å². The maximum atomic E-state index is 11.3. The van der Waals surface area contributed by atoms with Crippen LogP contribution in [0.15, 0.2) is 54.6 Å². The molecule has 2 nitrogen and oxygen atoms in total. The maximum absolute atomic E-state index is 11.3. The number of amides is 1. The number of hydrogen-bond acceptors (Lipinski definition) is 1. The Hall–Kier alpha value is -1.57. The van der Waals surface area contributed by atoms with E-state index in [4.69, 9.17) is 5.73 Å². The summed E-state index contributed by atoms with van der Waals surface area (Å²) in [6.07, 6.45) is 0. The molecule has 0 fully saturated rings. The van der Waals surface area contributed by atoms with Gasteiger partial charge in [-0.15, -0.1) is 0 Å². The molecule has 2 aromatic carbocycles. The Balaban J connectivity index is 2.12. The first kappa shape index (κ1) is 11.9. The Kier molecular flexibility index (Phi) is 3.97. The van der Waals surface area contributed by atoms with Gasteiger partial charge in [-0.05, 0) is 0 Å². The van der Waals surface area contributed by atoms with E-state index in [1.807, 2.05) is 36.4 Å². The number of carbonyl (C=O) groups excluding carboxylic acids is 1. The summed E-state index contributed by atoms with van der Waals surface area (Å²) in [6, 6.07) is 17.9. The summed E-state index contributed by atoms with van der Waals surface area (Å²) in [5, 5.41) is 0.984. The molecule has 2 rings (SSSR count). The van der Waals surface area contributed by atoms with Gasteiger partial charge in [-0.2, -0.15) is 0 Å². The summed E-state index contributed by atoms with van der Waals surface area (Å²) in [6.45, 7) is 0. The van der Waals surface area contributed by atoms with Gasteiger partial charge in [0, 0.05) is 0 Å². The average Bonchev–Trinajstić information content (AvgIpc) is 2.38. The fourth-order valence-electron chi connectivity index (χ4n) is 1.53. The van der Waals surface area contributed by atoms with Gasteiger partial charge in [-0.25, -0.2) is 0 Å². The first-order valence-corrected chi connectivity index (χ1v) is 7.40. The van der Waals surface area contributed by atoms with Gasteiger partial charge in [0.25, 0.3) is 0 Å². The van der Waals surface area contributed by atoms with Gasteiger partial charge >= 0.3 is 107 Å². The van der Waals surface area contributed by atoms with Gasteiger partial charge in [0.05, 0.1) is 0 Å². The molecule has 0 atom stereocenters. The van der Waals surface area contributed by atoms with Crippen LogP contribution in [0.2, 0.25) is 0 Å². The first-order chi connectivity index (χ1) is 8.27. The van der Waals surface area contributed by atoms with Crippen molar-refractivity contribution in [2.75, 3.05) is 0 Å². The molecule has 0 unspecified atom stereocenters. The topological polar surface area (TPSA) is 43.1 Å². The summed E-state index contributed by atoms with van der Waals surface area (Å²) in [5.41, 5.74) is 7.31. The minimum atomic E-state index is -0.337. The second-order valence-electron chi connectivity index (χ2n) is 3.63. The zero-order chi connectivity index (χ0) is 12.1. The predicted molar refractivity (Wildman–Crippen MR) is 70.5 cm³/mol. The number of carbonyl (C=O) groups is 1. The molecule has 3 heteroatoms. The fourth-order valence-corrected chi connectivity index (χ4v) is 3.66. The molecule has 0 aromatic heterocycles. The van der Waals surface area contributed by atoms with Gasteiger partial charge in [-0.1, -0.05) is 0 Å². The summed E-state index contributed by atoms with van der Waals surface area (Å²) < 4.78 is 1.08. The molecule has 0 radical (unpaired) electrons. The predicted octanol–water partition coefficient (Wildman–Crippen LogP) is 1.32. The van der Waals surface area contributed by atoms with Crippen molar-refractivity contribution >= 4 is 25.3 Å². The zero-order valence-corrected chi connectivity index (χ0v) is 11.0. The number of benzene rings is 2. The quantitative estimate of drug-likeness (QED) is 0.848. The molecular weight excluding hydrogens is 277 g/mol. The molecule has 0 spiro atoms. The molecular formula is C14H13NOSe. The van der Waals surface area contributed by atoms with Crippen LogP contribution in [0.1, 0.15) is 15.9 Å². The number of hydrogen-bond donors (Lipinski definition) is 1. The third kappa shape index (κ3) is 3.19.